The highest BCUT2D eigenvalue weighted by atomic mass is 19.3. The first-order chi connectivity index (χ1) is 7.65. The van der Waals surface area contributed by atoms with Gasteiger partial charge in [0.15, 0.2) is 0 Å². The van der Waals surface area contributed by atoms with E-state index in [0.717, 1.165) is 12.1 Å². The fourth-order valence-corrected chi connectivity index (χ4v) is 1.26. The van der Waals surface area contributed by atoms with Gasteiger partial charge in [0.05, 0.1) is 5.56 Å². The van der Waals surface area contributed by atoms with Crippen LogP contribution < -0.4 is 4.74 Å². The van der Waals surface area contributed by atoms with Gasteiger partial charge in [-0.2, -0.15) is 8.78 Å². The van der Waals surface area contributed by atoms with Crippen LogP contribution in [-0.2, 0) is 5.92 Å². The Morgan fingerprint density at radius 1 is 1.24 bits per heavy atom. The van der Waals surface area contributed by atoms with Crippen LogP contribution in [0.25, 0.3) is 0 Å². The van der Waals surface area contributed by atoms with Gasteiger partial charge >= 0.3 is 6.11 Å². The van der Waals surface area contributed by atoms with E-state index < -0.39 is 23.3 Å². The fraction of sp³-hybridized carbons (Fsp3) is 0.333. The Bertz CT molecular complexity index is 421. The van der Waals surface area contributed by atoms with Crippen molar-refractivity contribution in [3.8, 4) is 5.75 Å². The molecule has 0 amide bonds. The quantitative estimate of drug-likeness (QED) is 0.571. The van der Waals surface area contributed by atoms with E-state index in [4.69, 9.17) is 0 Å². The summed E-state index contributed by atoms with van der Waals surface area (Å²) in [5.41, 5.74) is -0.0326. The van der Waals surface area contributed by atoms with Crippen molar-refractivity contribution in [1.82, 2.24) is 0 Å². The molecule has 0 unspecified atom stereocenters. The van der Waals surface area contributed by atoms with Gasteiger partial charge in [-0.3, -0.25) is 0 Å². The van der Waals surface area contributed by atoms with Crippen molar-refractivity contribution in [2.45, 2.75) is 25.9 Å². The summed E-state index contributed by atoms with van der Waals surface area (Å²) in [4.78, 5) is 0. The molecule has 0 fully saturated rings. The molecule has 0 N–H and O–H groups in total. The molecule has 0 aliphatic rings. The number of ether oxygens (including phenoxy) is 1. The maximum absolute atomic E-state index is 13.2. The number of halogens is 4. The summed E-state index contributed by atoms with van der Waals surface area (Å²) in [5.74, 6) is -3.80. The van der Waals surface area contributed by atoms with Gasteiger partial charge in [-0.25, -0.2) is 8.78 Å². The Kier molecular flexibility index (Phi) is 3.50. The molecule has 0 radical (unpaired) electrons. The molecule has 1 nitrogen and oxygen atoms in total. The minimum Gasteiger partial charge on any atom is -0.429 e. The molecule has 0 atom stereocenters. The van der Waals surface area contributed by atoms with Crippen LogP contribution in [0.2, 0.25) is 0 Å². The predicted molar refractivity (Wildman–Crippen MR) is 56.5 cm³/mol. The van der Waals surface area contributed by atoms with Crippen LogP contribution in [0.3, 0.4) is 0 Å². The number of hydrogen-bond acceptors (Lipinski definition) is 1. The maximum atomic E-state index is 13.2. The van der Waals surface area contributed by atoms with E-state index in [1.165, 1.54) is 6.07 Å². The van der Waals surface area contributed by atoms with E-state index in [1.807, 2.05) is 0 Å². The molecular weight excluding hydrogens is 236 g/mol. The van der Waals surface area contributed by atoms with Gasteiger partial charge < -0.3 is 4.74 Å². The van der Waals surface area contributed by atoms with Gasteiger partial charge in [0.25, 0.3) is 5.92 Å². The molecular formula is C12H12F4O. The molecule has 1 aromatic rings. The Labute approximate surface area is 96.7 Å². The van der Waals surface area contributed by atoms with Gasteiger partial charge in [0, 0.05) is 13.0 Å². The molecule has 94 valence electrons. The van der Waals surface area contributed by atoms with E-state index in [1.54, 1.807) is 6.92 Å². The number of rotatable bonds is 4. The minimum atomic E-state index is -3.67. The van der Waals surface area contributed by atoms with Crippen LogP contribution >= 0.6 is 0 Å². The van der Waals surface area contributed by atoms with Crippen LogP contribution in [-0.4, -0.2) is 6.11 Å². The second-order valence-corrected chi connectivity index (χ2v) is 3.76. The lowest BCUT2D eigenvalue weighted by Crippen LogP contribution is -2.23. The Balaban J connectivity index is 3.20. The van der Waals surface area contributed by atoms with E-state index in [9.17, 15) is 17.6 Å². The highest BCUT2D eigenvalue weighted by molar-refractivity contribution is 5.40. The molecule has 0 bridgehead atoms. The molecule has 0 aromatic heterocycles. The largest absolute Gasteiger partial charge is 0.429 e. The Hall–Kier alpha value is -1.52. The summed E-state index contributed by atoms with van der Waals surface area (Å²) < 4.78 is 56.5. The topological polar surface area (TPSA) is 9.23 Å². The van der Waals surface area contributed by atoms with Gasteiger partial charge in [-0.05, 0) is 19.1 Å². The third-order valence-corrected chi connectivity index (χ3v) is 2.09. The van der Waals surface area contributed by atoms with Crippen molar-refractivity contribution in [3.63, 3.8) is 0 Å². The molecule has 0 spiro atoms. The molecule has 0 saturated heterocycles. The molecule has 1 aromatic carbocycles. The first-order valence-corrected chi connectivity index (χ1v) is 4.85. The monoisotopic (exact) mass is 248 g/mol. The normalized spacial score (nSPS) is 12.4. The highest BCUT2D eigenvalue weighted by Gasteiger charge is 2.33. The predicted octanol–water partition coefficient (Wildman–Crippen LogP) is 4.26. The second kappa shape index (κ2) is 4.39. The van der Waals surface area contributed by atoms with Crippen LogP contribution in [0.15, 0.2) is 30.9 Å². The molecule has 5 heteroatoms. The molecule has 0 aliphatic carbocycles. The first-order valence-electron chi connectivity index (χ1n) is 4.85. The molecule has 17 heavy (non-hydrogen) atoms. The molecule has 1 rings (SSSR count). The summed E-state index contributed by atoms with van der Waals surface area (Å²) in [6, 6.07) is 3.64. The van der Waals surface area contributed by atoms with Crippen molar-refractivity contribution in [2.24, 2.45) is 0 Å². The van der Waals surface area contributed by atoms with Crippen LogP contribution in [0.5, 0.6) is 5.75 Å². The standard InChI is InChI=1S/C12H12F4O/c1-4-12(15,16)17-10-6-5-8(2)7-9(10)11(3,13)14/h4-7H,1H2,2-3H3. The zero-order chi connectivity index (χ0) is 13.3. The average Bonchev–Trinajstić information content (AvgIpc) is 2.19. The first kappa shape index (κ1) is 13.5. The van der Waals surface area contributed by atoms with Crippen molar-refractivity contribution in [2.75, 3.05) is 0 Å². The zero-order valence-corrected chi connectivity index (χ0v) is 9.44. The highest BCUT2D eigenvalue weighted by Crippen LogP contribution is 2.37. The van der Waals surface area contributed by atoms with Crippen LogP contribution in [0, 0.1) is 6.92 Å². The average molecular weight is 248 g/mol. The third kappa shape index (κ3) is 3.47. The van der Waals surface area contributed by atoms with Crippen molar-refractivity contribution in [1.29, 1.82) is 0 Å². The molecule has 0 aliphatic heterocycles. The second-order valence-electron chi connectivity index (χ2n) is 3.76. The van der Waals surface area contributed by atoms with Crippen LogP contribution in [0.1, 0.15) is 18.1 Å². The van der Waals surface area contributed by atoms with E-state index in [0.29, 0.717) is 12.5 Å². The summed E-state index contributed by atoms with van der Waals surface area (Å²) in [7, 11) is 0. The minimum absolute atomic E-state index is 0.254. The third-order valence-electron chi connectivity index (χ3n) is 2.09. The lowest BCUT2D eigenvalue weighted by Gasteiger charge is -2.20. The maximum Gasteiger partial charge on any atom is 0.419 e. The zero-order valence-electron chi connectivity index (χ0n) is 9.44. The molecule has 0 saturated carbocycles. The molecule has 0 heterocycles. The lowest BCUT2D eigenvalue weighted by molar-refractivity contribution is -0.133. The summed E-state index contributed by atoms with van der Waals surface area (Å²) in [6.45, 7) is 5.09. The van der Waals surface area contributed by atoms with Gasteiger partial charge in [-0.1, -0.05) is 18.2 Å². The van der Waals surface area contributed by atoms with Gasteiger partial charge in [-0.15, -0.1) is 0 Å². The number of alkyl halides is 4. The Morgan fingerprint density at radius 3 is 2.29 bits per heavy atom. The van der Waals surface area contributed by atoms with Gasteiger partial charge in [0.1, 0.15) is 5.75 Å². The number of benzene rings is 1. The fourth-order valence-electron chi connectivity index (χ4n) is 1.26. The number of hydrogen-bond donors (Lipinski definition) is 0. The van der Waals surface area contributed by atoms with Gasteiger partial charge in [0.2, 0.25) is 0 Å². The summed E-state index contributed by atoms with van der Waals surface area (Å²) >= 11 is 0. The summed E-state index contributed by atoms with van der Waals surface area (Å²) in [5, 5.41) is 0. The SMILES string of the molecule is C=CC(F)(F)Oc1ccc(C)cc1C(C)(F)F. The summed E-state index contributed by atoms with van der Waals surface area (Å²) in [6.07, 6.45) is -3.42. The smallest absolute Gasteiger partial charge is 0.419 e. The van der Waals surface area contributed by atoms with Crippen molar-refractivity contribution in [3.05, 3.63) is 42.0 Å². The van der Waals surface area contributed by atoms with E-state index >= 15 is 0 Å². The Morgan fingerprint density at radius 2 is 1.82 bits per heavy atom. The lowest BCUT2D eigenvalue weighted by atomic mass is 10.1. The number of aryl methyl sites for hydroxylation is 1. The van der Waals surface area contributed by atoms with Crippen molar-refractivity contribution < 1.29 is 22.3 Å². The van der Waals surface area contributed by atoms with E-state index in [2.05, 4.69) is 11.3 Å². The van der Waals surface area contributed by atoms with Crippen molar-refractivity contribution >= 4 is 0 Å². The van der Waals surface area contributed by atoms with Crippen LogP contribution in [0.4, 0.5) is 17.6 Å². The van der Waals surface area contributed by atoms with E-state index in [-0.39, 0.29) is 6.08 Å².